The third-order valence-electron chi connectivity index (χ3n) is 5.02. The fourth-order valence-corrected chi connectivity index (χ4v) is 4.39. The van der Waals surface area contributed by atoms with E-state index in [-0.39, 0.29) is 24.3 Å². The summed E-state index contributed by atoms with van der Waals surface area (Å²) in [6.45, 7) is 9.36. The number of carbonyl (C=O) groups excluding carboxylic acids is 3. The van der Waals surface area contributed by atoms with E-state index >= 15 is 0 Å². The van der Waals surface area contributed by atoms with Crippen molar-refractivity contribution in [2.45, 2.75) is 46.2 Å². The number of hydrogen-bond donors (Lipinski definition) is 2. The van der Waals surface area contributed by atoms with Gasteiger partial charge in [0.25, 0.3) is 5.91 Å². The Morgan fingerprint density at radius 3 is 2.15 bits per heavy atom. The first-order valence-corrected chi connectivity index (χ1v) is 12.0. The Kier molecular flexibility index (Phi) is 7.89. The van der Waals surface area contributed by atoms with E-state index in [4.69, 9.17) is 0 Å². The van der Waals surface area contributed by atoms with Crippen LogP contribution in [0.1, 0.15) is 53.2 Å². The summed E-state index contributed by atoms with van der Waals surface area (Å²) in [5.41, 5.74) is 2.73. The minimum atomic E-state index is -0.909. The van der Waals surface area contributed by atoms with Gasteiger partial charge in [0.1, 0.15) is 6.04 Å². The summed E-state index contributed by atoms with van der Waals surface area (Å²) in [5.74, 6) is -0.997. The fraction of sp³-hybridized carbons (Fsp3) is 0.296. The van der Waals surface area contributed by atoms with Crippen molar-refractivity contribution < 1.29 is 14.4 Å². The van der Waals surface area contributed by atoms with Crippen molar-refractivity contribution in [2.75, 3.05) is 11.4 Å². The topological polar surface area (TPSA) is 78.5 Å². The monoisotopic (exact) mass is 477 g/mol. The standard InChI is InChI=1S/C27H31N3O3S/c1-18-14-19(2)16-21(15-18)30(23(31)17-28-25(32)22-12-9-13-34-22)24(20-10-7-6-8-11-20)26(33)29-27(3,4)5/h6-16,24H,17H2,1-5H3,(H,28,32)(H,29,33)/t24-/m1/s1. The maximum absolute atomic E-state index is 13.7. The van der Waals surface area contributed by atoms with Crippen molar-refractivity contribution in [3.8, 4) is 0 Å². The Morgan fingerprint density at radius 2 is 1.59 bits per heavy atom. The van der Waals surface area contributed by atoms with Gasteiger partial charge in [0.15, 0.2) is 0 Å². The molecule has 0 spiro atoms. The molecule has 1 atom stereocenters. The maximum Gasteiger partial charge on any atom is 0.261 e. The van der Waals surface area contributed by atoms with Crippen LogP contribution in [0.4, 0.5) is 5.69 Å². The van der Waals surface area contributed by atoms with Gasteiger partial charge in [0, 0.05) is 11.2 Å². The van der Waals surface area contributed by atoms with E-state index < -0.39 is 11.6 Å². The highest BCUT2D eigenvalue weighted by Gasteiger charge is 2.34. The van der Waals surface area contributed by atoms with Crippen LogP contribution < -0.4 is 15.5 Å². The fourth-order valence-electron chi connectivity index (χ4n) is 3.75. The molecule has 0 aliphatic carbocycles. The second kappa shape index (κ2) is 10.7. The average molecular weight is 478 g/mol. The lowest BCUT2D eigenvalue weighted by Crippen LogP contribution is -2.51. The molecule has 7 heteroatoms. The number of nitrogens with zero attached hydrogens (tertiary/aromatic N) is 1. The molecule has 178 valence electrons. The van der Waals surface area contributed by atoms with Crippen molar-refractivity contribution >= 4 is 34.7 Å². The van der Waals surface area contributed by atoms with Crippen LogP contribution in [0.2, 0.25) is 0 Å². The first-order valence-electron chi connectivity index (χ1n) is 11.1. The second-order valence-corrected chi connectivity index (χ2v) is 10.3. The maximum atomic E-state index is 13.7. The summed E-state index contributed by atoms with van der Waals surface area (Å²) in [6, 6.07) is 17.6. The van der Waals surface area contributed by atoms with Crippen molar-refractivity contribution in [1.29, 1.82) is 0 Å². The minimum Gasteiger partial charge on any atom is -0.349 e. The summed E-state index contributed by atoms with van der Waals surface area (Å²) in [7, 11) is 0. The molecule has 34 heavy (non-hydrogen) atoms. The van der Waals surface area contributed by atoms with Crippen LogP contribution in [0.15, 0.2) is 66.0 Å². The quantitative estimate of drug-likeness (QED) is 0.514. The Balaban J connectivity index is 2.04. The van der Waals surface area contributed by atoms with Crippen molar-refractivity contribution in [2.24, 2.45) is 0 Å². The number of thiophene rings is 1. The third-order valence-corrected chi connectivity index (χ3v) is 5.89. The molecule has 0 radical (unpaired) electrons. The lowest BCUT2D eigenvalue weighted by Gasteiger charge is -2.34. The number of amides is 3. The van der Waals surface area contributed by atoms with E-state index in [0.29, 0.717) is 16.1 Å². The predicted octanol–water partition coefficient (Wildman–Crippen LogP) is 4.78. The zero-order chi connectivity index (χ0) is 24.9. The van der Waals surface area contributed by atoms with Gasteiger partial charge in [-0.05, 0) is 74.9 Å². The summed E-state index contributed by atoms with van der Waals surface area (Å²) in [4.78, 5) is 41.7. The largest absolute Gasteiger partial charge is 0.349 e. The highest BCUT2D eigenvalue weighted by atomic mass is 32.1. The molecule has 0 aliphatic heterocycles. The molecule has 1 aromatic heterocycles. The van der Waals surface area contributed by atoms with Crippen LogP contribution in [-0.4, -0.2) is 29.8 Å². The molecule has 0 saturated carbocycles. The number of rotatable bonds is 7. The minimum absolute atomic E-state index is 0.240. The Labute approximate surface area is 205 Å². The predicted molar refractivity (Wildman–Crippen MR) is 137 cm³/mol. The van der Waals surface area contributed by atoms with Crippen LogP contribution in [0, 0.1) is 13.8 Å². The van der Waals surface area contributed by atoms with Gasteiger partial charge in [0.2, 0.25) is 11.8 Å². The SMILES string of the molecule is Cc1cc(C)cc(N(C(=O)CNC(=O)c2cccs2)[C@@H](C(=O)NC(C)(C)C)c2ccccc2)c1. The lowest BCUT2D eigenvalue weighted by molar-refractivity contribution is -0.127. The summed E-state index contributed by atoms with van der Waals surface area (Å²) >= 11 is 1.30. The zero-order valence-corrected chi connectivity index (χ0v) is 21.0. The molecule has 3 rings (SSSR count). The van der Waals surface area contributed by atoms with Gasteiger partial charge in [0.05, 0.1) is 11.4 Å². The zero-order valence-electron chi connectivity index (χ0n) is 20.2. The van der Waals surface area contributed by atoms with E-state index in [1.807, 2.05) is 83.1 Å². The van der Waals surface area contributed by atoms with Crippen LogP contribution in [0.3, 0.4) is 0 Å². The van der Waals surface area contributed by atoms with E-state index in [9.17, 15) is 14.4 Å². The second-order valence-electron chi connectivity index (χ2n) is 9.32. The van der Waals surface area contributed by atoms with Crippen molar-refractivity contribution in [3.63, 3.8) is 0 Å². The molecule has 0 bridgehead atoms. The Bertz CT molecular complexity index is 1130. The molecular formula is C27H31N3O3S. The van der Waals surface area contributed by atoms with Gasteiger partial charge in [-0.1, -0.05) is 42.5 Å². The van der Waals surface area contributed by atoms with Gasteiger partial charge in [-0.25, -0.2) is 0 Å². The highest BCUT2D eigenvalue weighted by Crippen LogP contribution is 2.30. The summed E-state index contributed by atoms with van der Waals surface area (Å²) in [6.07, 6.45) is 0. The third kappa shape index (κ3) is 6.54. The van der Waals surface area contributed by atoms with E-state index in [0.717, 1.165) is 11.1 Å². The number of anilines is 1. The van der Waals surface area contributed by atoms with Crippen LogP contribution in [0.5, 0.6) is 0 Å². The molecule has 1 heterocycles. The number of hydrogen-bond acceptors (Lipinski definition) is 4. The lowest BCUT2D eigenvalue weighted by atomic mass is 10.00. The van der Waals surface area contributed by atoms with E-state index in [1.54, 1.807) is 17.5 Å². The normalized spacial score (nSPS) is 12.0. The Hall–Kier alpha value is -3.45. The molecular weight excluding hydrogens is 446 g/mol. The van der Waals surface area contributed by atoms with E-state index in [1.165, 1.54) is 16.2 Å². The number of carbonyl (C=O) groups is 3. The van der Waals surface area contributed by atoms with E-state index in [2.05, 4.69) is 10.6 Å². The highest BCUT2D eigenvalue weighted by molar-refractivity contribution is 7.12. The van der Waals surface area contributed by atoms with Gasteiger partial charge in [-0.15, -0.1) is 11.3 Å². The molecule has 3 amide bonds. The van der Waals surface area contributed by atoms with Gasteiger partial charge >= 0.3 is 0 Å². The van der Waals surface area contributed by atoms with Crippen molar-refractivity contribution in [1.82, 2.24) is 10.6 Å². The molecule has 0 aliphatic rings. The first-order chi connectivity index (χ1) is 16.0. The first kappa shape index (κ1) is 25.2. The van der Waals surface area contributed by atoms with Crippen molar-refractivity contribution in [3.05, 3.63) is 87.6 Å². The summed E-state index contributed by atoms with van der Waals surface area (Å²) < 4.78 is 0. The number of nitrogens with one attached hydrogen (secondary N) is 2. The molecule has 6 nitrogen and oxygen atoms in total. The van der Waals surface area contributed by atoms with Crippen LogP contribution in [0.25, 0.3) is 0 Å². The summed E-state index contributed by atoms with van der Waals surface area (Å²) in [5, 5.41) is 7.53. The average Bonchev–Trinajstić information content (AvgIpc) is 3.29. The van der Waals surface area contributed by atoms with Gasteiger partial charge < -0.3 is 10.6 Å². The molecule has 0 fully saturated rings. The molecule has 2 N–H and O–H groups in total. The van der Waals surface area contributed by atoms with Gasteiger partial charge in [-0.2, -0.15) is 0 Å². The number of benzene rings is 2. The molecule has 2 aromatic carbocycles. The smallest absolute Gasteiger partial charge is 0.261 e. The molecule has 0 unspecified atom stereocenters. The van der Waals surface area contributed by atoms with Crippen LogP contribution in [-0.2, 0) is 9.59 Å². The Morgan fingerprint density at radius 1 is 0.941 bits per heavy atom. The van der Waals surface area contributed by atoms with Crippen LogP contribution >= 0.6 is 11.3 Å². The van der Waals surface area contributed by atoms with Gasteiger partial charge in [-0.3, -0.25) is 19.3 Å². The molecule has 0 saturated heterocycles. The number of aryl methyl sites for hydroxylation is 2. The molecule has 3 aromatic rings.